The highest BCUT2D eigenvalue weighted by Gasteiger charge is 2.34. The molecular weight excluding hydrogens is 375 g/mol. The molecule has 2 atom stereocenters. The van der Waals surface area contributed by atoms with E-state index in [1.165, 1.54) is 17.8 Å². The molecule has 6 nitrogen and oxygen atoms in total. The SMILES string of the molecule is CCOC(=O)[C@@H]1CS[C@H](CC(=O)Nc2ccc(Cl)c(Cl)c2)C(=O)N1. The molecule has 2 rings (SSSR count). The van der Waals surface area contributed by atoms with E-state index in [1.807, 2.05) is 0 Å². The Morgan fingerprint density at radius 2 is 2.12 bits per heavy atom. The Hall–Kier alpha value is -1.44. The number of carbonyl (C=O) groups excluding carboxylic acids is 3. The second kappa shape index (κ2) is 8.60. The van der Waals surface area contributed by atoms with Gasteiger partial charge in [-0.25, -0.2) is 4.79 Å². The normalized spacial score (nSPS) is 20.2. The van der Waals surface area contributed by atoms with Crippen molar-refractivity contribution >= 4 is 58.4 Å². The Morgan fingerprint density at radius 1 is 1.38 bits per heavy atom. The third-order valence-corrected chi connectivity index (χ3v) is 5.27. The van der Waals surface area contributed by atoms with Crippen molar-refractivity contribution in [3.8, 4) is 0 Å². The zero-order valence-electron chi connectivity index (χ0n) is 12.8. The maximum Gasteiger partial charge on any atom is 0.329 e. The summed E-state index contributed by atoms with van der Waals surface area (Å²) >= 11 is 13.0. The summed E-state index contributed by atoms with van der Waals surface area (Å²) in [6.07, 6.45) is -0.00765. The number of rotatable bonds is 5. The van der Waals surface area contributed by atoms with Crippen LogP contribution in [0.4, 0.5) is 5.69 Å². The molecule has 0 radical (unpaired) electrons. The fraction of sp³-hybridized carbons (Fsp3) is 0.400. The maximum atomic E-state index is 12.1. The summed E-state index contributed by atoms with van der Waals surface area (Å²) in [6.45, 7) is 1.96. The molecule has 130 valence electrons. The highest BCUT2D eigenvalue weighted by atomic mass is 35.5. The Balaban J connectivity index is 1.87. The zero-order chi connectivity index (χ0) is 17.7. The predicted octanol–water partition coefficient (Wildman–Crippen LogP) is 2.49. The minimum absolute atomic E-state index is 0.00765. The number of anilines is 1. The van der Waals surface area contributed by atoms with Crippen molar-refractivity contribution in [2.24, 2.45) is 0 Å². The van der Waals surface area contributed by atoms with Gasteiger partial charge in [0.05, 0.1) is 21.9 Å². The molecule has 1 aliphatic heterocycles. The van der Waals surface area contributed by atoms with E-state index >= 15 is 0 Å². The van der Waals surface area contributed by atoms with Crippen molar-refractivity contribution in [3.63, 3.8) is 0 Å². The molecule has 0 aliphatic carbocycles. The monoisotopic (exact) mass is 390 g/mol. The summed E-state index contributed by atoms with van der Waals surface area (Å²) < 4.78 is 4.88. The minimum Gasteiger partial charge on any atom is -0.464 e. The Morgan fingerprint density at radius 3 is 2.75 bits per heavy atom. The fourth-order valence-electron chi connectivity index (χ4n) is 2.07. The molecule has 2 amide bonds. The molecule has 9 heteroatoms. The van der Waals surface area contributed by atoms with Crippen molar-refractivity contribution in [1.82, 2.24) is 5.32 Å². The van der Waals surface area contributed by atoms with Crippen molar-refractivity contribution in [3.05, 3.63) is 28.2 Å². The number of hydrogen-bond donors (Lipinski definition) is 2. The van der Waals surface area contributed by atoms with E-state index in [0.717, 1.165) is 0 Å². The lowest BCUT2D eigenvalue weighted by atomic mass is 10.2. The van der Waals surface area contributed by atoms with Crippen LogP contribution in [0.3, 0.4) is 0 Å². The second-order valence-electron chi connectivity index (χ2n) is 5.02. The number of thioether (sulfide) groups is 1. The number of hydrogen-bond acceptors (Lipinski definition) is 5. The van der Waals surface area contributed by atoms with Gasteiger partial charge in [0.1, 0.15) is 6.04 Å². The molecule has 2 N–H and O–H groups in total. The smallest absolute Gasteiger partial charge is 0.329 e. The van der Waals surface area contributed by atoms with Gasteiger partial charge in [0.25, 0.3) is 0 Å². The van der Waals surface area contributed by atoms with Gasteiger partial charge >= 0.3 is 5.97 Å². The summed E-state index contributed by atoms with van der Waals surface area (Å²) in [7, 11) is 0. The largest absolute Gasteiger partial charge is 0.464 e. The third-order valence-electron chi connectivity index (χ3n) is 3.22. The molecule has 1 aliphatic rings. The number of amides is 2. The van der Waals surface area contributed by atoms with E-state index in [1.54, 1.807) is 19.1 Å². The Bertz CT molecular complexity index is 656. The molecule has 1 aromatic carbocycles. The van der Waals surface area contributed by atoms with Crippen LogP contribution in [0.25, 0.3) is 0 Å². The molecule has 0 bridgehead atoms. The summed E-state index contributed by atoms with van der Waals surface area (Å²) in [5, 5.41) is 5.41. The van der Waals surface area contributed by atoms with Crippen LogP contribution in [-0.2, 0) is 19.1 Å². The molecule has 0 spiro atoms. The first-order valence-corrected chi connectivity index (χ1v) is 9.04. The lowest BCUT2D eigenvalue weighted by Crippen LogP contribution is -2.51. The van der Waals surface area contributed by atoms with Gasteiger partial charge in [0.2, 0.25) is 11.8 Å². The minimum atomic E-state index is -0.670. The van der Waals surface area contributed by atoms with E-state index in [0.29, 0.717) is 21.5 Å². The predicted molar refractivity (Wildman–Crippen MR) is 94.5 cm³/mol. The van der Waals surface area contributed by atoms with Gasteiger partial charge in [0, 0.05) is 17.9 Å². The molecule has 0 aromatic heterocycles. The highest BCUT2D eigenvalue weighted by molar-refractivity contribution is 8.00. The molecule has 1 saturated heterocycles. The van der Waals surface area contributed by atoms with Gasteiger partial charge < -0.3 is 15.4 Å². The summed E-state index contributed by atoms with van der Waals surface area (Å²) in [4.78, 5) is 35.7. The number of esters is 1. The molecule has 1 aromatic rings. The van der Waals surface area contributed by atoms with Gasteiger partial charge in [-0.2, -0.15) is 0 Å². The van der Waals surface area contributed by atoms with Gasteiger partial charge in [-0.3, -0.25) is 9.59 Å². The summed E-state index contributed by atoms with van der Waals surface area (Å²) in [5.74, 6) is -0.767. The van der Waals surface area contributed by atoms with Gasteiger partial charge in [-0.1, -0.05) is 23.2 Å². The summed E-state index contributed by atoms with van der Waals surface area (Å²) in [6, 6.07) is 4.06. The zero-order valence-corrected chi connectivity index (χ0v) is 15.1. The standard InChI is InChI=1S/C15H16Cl2N2O4S/c1-2-23-15(22)11-7-24-12(14(21)19-11)6-13(20)18-8-3-4-9(16)10(17)5-8/h3-5,11-12H,2,6-7H2,1H3,(H,18,20)(H,19,21)/t11-,12+/m0/s1. The van der Waals surface area contributed by atoms with Crippen LogP contribution in [0.5, 0.6) is 0 Å². The van der Waals surface area contributed by atoms with Crippen molar-refractivity contribution in [1.29, 1.82) is 0 Å². The quantitative estimate of drug-likeness (QED) is 0.754. The van der Waals surface area contributed by atoms with Gasteiger partial charge in [0.15, 0.2) is 0 Å². The van der Waals surface area contributed by atoms with Crippen LogP contribution in [-0.4, -0.2) is 41.4 Å². The van der Waals surface area contributed by atoms with Crippen LogP contribution in [0.1, 0.15) is 13.3 Å². The van der Waals surface area contributed by atoms with E-state index in [-0.39, 0.29) is 24.8 Å². The van der Waals surface area contributed by atoms with Gasteiger partial charge in [-0.05, 0) is 25.1 Å². The second-order valence-corrected chi connectivity index (χ2v) is 7.07. The number of nitrogens with one attached hydrogen (secondary N) is 2. The number of carbonyl (C=O) groups is 3. The van der Waals surface area contributed by atoms with Crippen molar-refractivity contribution < 1.29 is 19.1 Å². The van der Waals surface area contributed by atoms with Crippen LogP contribution in [0.15, 0.2) is 18.2 Å². The number of halogens is 2. The van der Waals surface area contributed by atoms with Crippen LogP contribution in [0.2, 0.25) is 10.0 Å². The molecule has 1 heterocycles. The van der Waals surface area contributed by atoms with E-state index in [2.05, 4.69) is 10.6 Å². The lowest BCUT2D eigenvalue weighted by Gasteiger charge is -2.27. The lowest BCUT2D eigenvalue weighted by molar-refractivity contribution is -0.146. The number of ether oxygens (including phenoxy) is 1. The average Bonchev–Trinajstić information content (AvgIpc) is 2.53. The first-order valence-electron chi connectivity index (χ1n) is 7.24. The average molecular weight is 391 g/mol. The van der Waals surface area contributed by atoms with Crippen molar-refractivity contribution in [2.45, 2.75) is 24.6 Å². The topological polar surface area (TPSA) is 84.5 Å². The van der Waals surface area contributed by atoms with E-state index < -0.39 is 17.3 Å². The highest BCUT2D eigenvalue weighted by Crippen LogP contribution is 2.26. The molecule has 0 unspecified atom stereocenters. The molecule has 1 fully saturated rings. The van der Waals surface area contributed by atoms with E-state index in [9.17, 15) is 14.4 Å². The first-order chi connectivity index (χ1) is 11.4. The summed E-state index contributed by atoms with van der Waals surface area (Å²) in [5.41, 5.74) is 0.500. The van der Waals surface area contributed by atoms with Crippen LogP contribution in [0, 0.1) is 0 Å². The Labute approximate surface area is 153 Å². The fourth-order valence-corrected chi connectivity index (χ4v) is 3.50. The van der Waals surface area contributed by atoms with Crippen LogP contribution >= 0.6 is 35.0 Å². The van der Waals surface area contributed by atoms with Gasteiger partial charge in [-0.15, -0.1) is 11.8 Å². The van der Waals surface area contributed by atoms with Crippen molar-refractivity contribution in [2.75, 3.05) is 17.7 Å². The number of benzene rings is 1. The maximum absolute atomic E-state index is 12.1. The third kappa shape index (κ3) is 5.03. The molecule has 24 heavy (non-hydrogen) atoms. The van der Waals surface area contributed by atoms with Crippen LogP contribution < -0.4 is 10.6 Å². The molecular formula is C15H16Cl2N2O4S. The Kier molecular flexibility index (Phi) is 6.77. The van der Waals surface area contributed by atoms with E-state index in [4.69, 9.17) is 27.9 Å². The molecule has 0 saturated carbocycles. The first kappa shape index (κ1) is 18.9.